The fourth-order valence-corrected chi connectivity index (χ4v) is 2.30. The minimum Gasteiger partial charge on any atom is -0.389 e. The summed E-state index contributed by atoms with van der Waals surface area (Å²) in [7, 11) is 0. The second kappa shape index (κ2) is 4.37. The summed E-state index contributed by atoms with van der Waals surface area (Å²) >= 11 is 0. The maximum atomic E-state index is 5.80. The molecule has 3 rings (SSSR count). The van der Waals surface area contributed by atoms with Gasteiger partial charge in [0.1, 0.15) is 6.10 Å². The summed E-state index contributed by atoms with van der Waals surface area (Å²) in [5, 5.41) is 4.16. The molecule has 0 bridgehead atoms. The Morgan fingerprint density at radius 2 is 1.94 bits per heavy atom. The molecule has 2 atom stereocenters. The second-order valence-corrected chi connectivity index (χ2v) is 5.12. The molecule has 0 N–H and O–H groups in total. The molecule has 2 aliphatic rings. The first-order valence-electron chi connectivity index (χ1n) is 6.24. The first kappa shape index (κ1) is 11.7. The van der Waals surface area contributed by atoms with E-state index in [1.165, 1.54) is 0 Å². The van der Waals surface area contributed by atoms with Gasteiger partial charge >= 0.3 is 0 Å². The van der Waals surface area contributed by atoms with Crippen molar-refractivity contribution in [2.45, 2.75) is 38.3 Å². The van der Waals surface area contributed by atoms with E-state index in [0.717, 1.165) is 17.7 Å². The Balaban J connectivity index is 1.65. The molecule has 0 amide bonds. The summed E-state index contributed by atoms with van der Waals surface area (Å²) in [5.74, 6) is -0.510. The van der Waals surface area contributed by atoms with Gasteiger partial charge in [0.15, 0.2) is 11.9 Å². The molecule has 4 nitrogen and oxygen atoms in total. The highest BCUT2D eigenvalue weighted by molar-refractivity contribution is 6.01. The van der Waals surface area contributed by atoms with Crippen molar-refractivity contribution in [2.75, 3.05) is 6.61 Å². The van der Waals surface area contributed by atoms with Gasteiger partial charge in [0, 0.05) is 6.42 Å². The highest BCUT2D eigenvalue weighted by Gasteiger charge is 2.41. The highest BCUT2D eigenvalue weighted by atomic mass is 16.8. The lowest BCUT2D eigenvalue weighted by molar-refractivity contribution is -0.153. The van der Waals surface area contributed by atoms with Crippen molar-refractivity contribution < 1.29 is 14.3 Å². The van der Waals surface area contributed by atoms with Gasteiger partial charge in [0.05, 0.1) is 12.3 Å². The van der Waals surface area contributed by atoms with E-state index in [1.807, 2.05) is 44.2 Å². The van der Waals surface area contributed by atoms with Crippen molar-refractivity contribution in [3.8, 4) is 0 Å². The molecule has 0 aliphatic carbocycles. The van der Waals surface area contributed by atoms with E-state index >= 15 is 0 Å². The molecule has 2 heterocycles. The number of oxime groups is 1. The number of rotatable bonds is 2. The molecule has 1 saturated heterocycles. The molecule has 1 aromatic rings. The molecular weight excluding hydrogens is 230 g/mol. The van der Waals surface area contributed by atoms with E-state index in [2.05, 4.69) is 5.16 Å². The number of nitrogens with zero attached hydrogens (tertiary/aromatic N) is 1. The lowest BCUT2D eigenvalue weighted by Gasteiger charge is -2.19. The molecule has 0 saturated carbocycles. The zero-order valence-electron chi connectivity index (χ0n) is 10.6. The number of benzene rings is 1. The van der Waals surface area contributed by atoms with Gasteiger partial charge in [0.25, 0.3) is 0 Å². The quantitative estimate of drug-likeness (QED) is 0.805. The van der Waals surface area contributed by atoms with E-state index in [9.17, 15) is 0 Å². The van der Waals surface area contributed by atoms with Crippen LogP contribution in [0.25, 0.3) is 0 Å². The monoisotopic (exact) mass is 247 g/mol. The van der Waals surface area contributed by atoms with Crippen LogP contribution < -0.4 is 0 Å². The minimum absolute atomic E-state index is 0.0371. The fourth-order valence-electron chi connectivity index (χ4n) is 2.30. The zero-order chi connectivity index (χ0) is 12.6. The van der Waals surface area contributed by atoms with Crippen LogP contribution in [0.3, 0.4) is 0 Å². The van der Waals surface area contributed by atoms with Gasteiger partial charge in [-0.25, -0.2) is 0 Å². The minimum atomic E-state index is -0.510. The average Bonchev–Trinajstić information content (AvgIpc) is 2.96. The van der Waals surface area contributed by atoms with Crippen LogP contribution in [0.1, 0.15) is 25.8 Å². The molecule has 1 aromatic carbocycles. The fraction of sp³-hybridized carbons (Fsp3) is 0.500. The Kier molecular flexibility index (Phi) is 2.84. The smallest absolute Gasteiger partial charge is 0.163 e. The van der Waals surface area contributed by atoms with Crippen LogP contribution in [-0.4, -0.2) is 30.3 Å². The van der Waals surface area contributed by atoms with Crippen molar-refractivity contribution in [1.29, 1.82) is 0 Å². The third-order valence-electron chi connectivity index (χ3n) is 3.24. The Morgan fingerprint density at radius 3 is 2.61 bits per heavy atom. The molecule has 96 valence electrons. The molecule has 1 fully saturated rings. The van der Waals surface area contributed by atoms with Crippen LogP contribution in [-0.2, 0) is 14.3 Å². The standard InChI is InChI=1S/C14H17NO3/c1-14(2)16-9-13(17-14)12-8-11(15-18-12)10-6-4-3-5-7-10/h3-7,12-13H,8-9H2,1-2H3/t12-,13-/m1/s1. The largest absolute Gasteiger partial charge is 0.389 e. The third-order valence-corrected chi connectivity index (χ3v) is 3.24. The Morgan fingerprint density at radius 1 is 1.17 bits per heavy atom. The molecule has 2 aliphatic heterocycles. The number of hydrogen-bond acceptors (Lipinski definition) is 4. The molecule has 0 aromatic heterocycles. The Hall–Kier alpha value is -1.39. The van der Waals surface area contributed by atoms with Crippen LogP contribution in [0.15, 0.2) is 35.5 Å². The van der Waals surface area contributed by atoms with E-state index in [4.69, 9.17) is 14.3 Å². The molecule has 4 heteroatoms. The van der Waals surface area contributed by atoms with Gasteiger partial charge in [-0.2, -0.15) is 0 Å². The maximum absolute atomic E-state index is 5.80. The van der Waals surface area contributed by atoms with Crippen molar-refractivity contribution in [3.63, 3.8) is 0 Å². The lowest BCUT2D eigenvalue weighted by atomic mass is 10.0. The first-order chi connectivity index (χ1) is 8.64. The summed E-state index contributed by atoms with van der Waals surface area (Å²) in [5.41, 5.74) is 2.09. The number of hydrogen-bond donors (Lipinski definition) is 0. The van der Waals surface area contributed by atoms with E-state index in [0.29, 0.717) is 6.61 Å². The SMILES string of the molecule is CC1(C)OC[C@H]([C@H]2CC(c3ccccc3)=NO2)O1. The van der Waals surface area contributed by atoms with Crippen LogP contribution in [0.4, 0.5) is 0 Å². The van der Waals surface area contributed by atoms with Gasteiger partial charge in [-0.05, 0) is 19.4 Å². The van der Waals surface area contributed by atoms with Crippen LogP contribution in [0.5, 0.6) is 0 Å². The normalized spacial score (nSPS) is 30.0. The molecule has 0 unspecified atom stereocenters. The number of ether oxygens (including phenoxy) is 2. The van der Waals surface area contributed by atoms with Gasteiger partial charge in [-0.3, -0.25) is 0 Å². The summed E-state index contributed by atoms with van der Waals surface area (Å²) in [6, 6.07) is 10.1. The molecule has 18 heavy (non-hydrogen) atoms. The third kappa shape index (κ3) is 2.26. The zero-order valence-corrected chi connectivity index (χ0v) is 10.6. The van der Waals surface area contributed by atoms with Crippen molar-refractivity contribution >= 4 is 5.71 Å². The molecular formula is C14H17NO3. The van der Waals surface area contributed by atoms with Crippen molar-refractivity contribution in [3.05, 3.63) is 35.9 Å². The average molecular weight is 247 g/mol. The predicted octanol–water partition coefficient (Wildman–Crippen LogP) is 2.33. The summed E-state index contributed by atoms with van der Waals surface area (Å²) in [4.78, 5) is 5.48. The van der Waals surface area contributed by atoms with Crippen molar-refractivity contribution in [2.24, 2.45) is 5.16 Å². The summed E-state index contributed by atoms with van der Waals surface area (Å²) in [6.45, 7) is 4.40. The van der Waals surface area contributed by atoms with E-state index < -0.39 is 5.79 Å². The van der Waals surface area contributed by atoms with Gasteiger partial charge in [0.2, 0.25) is 0 Å². The Bertz CT molecular complexity index is 455. The molecule has 0 spiro atoms. The summed E-state index contributed by atoms with van der Waals surface area (Å²) in [6.07, 6.45) is 0.695. The van der Waals surface area contributed by atoms with Gasteiger partial charge in [-0.15, -0.1) is 0 Å². The summed E-state index contributed by atoms with van der Waals surface area (Å²) < 4.78 is 11.3. The maximum Gasteiger partial charge on any atom is 0.163 e. The molecule has 0 radical (unpaired) electrons. The lowest BCUT2D eigenvalue weighted by Crippen LogP contribution is -2.30. The van der Waals surface area contributed by atoms with Crippen LogP contribution >= 0.6 is 0 Å². The van der Waals surface area contributed by atoms with E-state index in [-0.39, 0.29) is 12.2 Å². The first-order valence-corrected chi connectivity index (χ1v) is 6.24. The topological polar surface area (TPSA) is 40.0 Å². The van der Waals surface area contributed by atoms with E-state index in [1.54, 1.807) is 0 Å². The van der Waals surface area contributed by atoms with Gasteiger partial charge in [-0.1, -0.05) is 35.5 Å². The van der Waals surface area contributed by atoms with Crippen LogP contribution in [0.2, 0.25) is 0 Å². The predicted molar refractivity (Wildman–Crippen MR) is 67.4 cm³/mol. The highest BCUT2D eigenvalue weighted by Crippen LogP contribution is 2.29. The van der Waals surface area contributed by atoms with Gasteiger partial charge < -0.3 is 14.3 Å². The second-order valence-electron chi connectivity index (χ2n) is 5.12. The van der Waals surface area contributed by atoms with Crippen LogP contribution in [0, 0.1) is 0 Å². The van der Waals surface area contributed by atoms with Crippen molar-refractivity contribution in [1.82, 2.24) is 0 Å². The Labute approximate surface area is 107 Å².